The number of nitrogens with zero attached hydrogens (tertiary/aromatic N) is 1. The Labute approximate surface area is 120 Å². The second-order valence-electron chi connectivity index (χ2n) is 5.33. The highest BCUT2D eigenvalue weighted by Gasteiger charge is 2.44. The van der Waals surface area contributed by atoms with Crippen LogP contribution in [0.2, 0.25) is 0 Å². The number of likely N-dealkylation sites (N-methyl/N-ethyl adjacent to an activating group) is 1. The molecule has 1 aromatic carbocycles. The molecule has 112 valence electrons. The number of hydrogen-bond donors (Lipinski definition) is 3. The molecule has 1 aliphatic rings. The highest BCUT2D eigenvalue weighted by Crippen LogP contribution is 2.24. The normalized spacial score (nSPS) is 30.1. The molecule has 4 atom stereocenters. The Morgan fingerprint density at radius 1 is 1.25 bits per heavy atom. The molecule has 4 N–H and O–H groups in total. The molecule has 1 saturated heterocycles. The summed E-state index contributed by atoms with van der Waals surface area (Å²) in [5, 5.41) is 19.4. The van der Waals surface area contributed by atoms with Gasteiger partial charge in [0.15, 0.2) is 0 Å². The van der Waals surface area contributed by atoms with Gasteiger partial charge < -0.3 is 20.7 Å². The summed E-state index contributed by atoms with van der Waals surface area (Å²) in [6, 6.07) is 10.1. The maximum Gasteiger partial charge on any atom is 0.109 e. The van der Waals surface area contributed by atoms with Crippen molar-refractivity contribution in [3.63, 3.8) is 0 Å². The Balaban J connectivity index is 1.95. The lowest BCUT2D eigenvalue weighted by Crippen LogP contribution is -2.49. The summed E-state index contributed by atoms with van der Waals surface area (Å²) in [5.41, 5.74) is 6.96. The molecule has 0 radical (unpaired) electrons. The zero-order chi connectivity index (χ0) is 14.5. The number of aliphatic hydroxyl groups excluding tert-OH is 2. The van der Waals surface area contributed by atoms with Crippen molar-refractivity contribution in [1.29, 1.82) is 0 Å². The molecule has 1 aliphatic heterocycles. The predicted molar refractivity (Wildman–Crippen MR) is 77.4 cm³/mol. The molecule has 5 nitrogen and oxygen atoms in total. The van der Waals surface area contributed by atoms with Crippen LogP contribution in [0.5, 0.6) is 0 Å². The molecule has 1 aromatic rings. The van der Waals surface area contributed by atoms with Crippen LogP contribution in [0.3, 0.4) is 0 Å². The minimum absolute atomic E-state index is 0.166. The van der Waals surface area contributed by atoms with Crippen LogP contribution in [0, 0.1) is 0 Å². The third-order valence-corrected chi connectivity index (χ3v) is 3.98. The second kappa shape index (κ2) is 7.15. The van der Waals surface area contributed by atoms with Crippen LogP contribution in [-0.2, 0) is 11.2 Å². The molecule has 0 aromatic heterocycles. The van der Waals surface area contributed by atoms with E-state index < -0.39 is 12.2 Å². The topological polar surface area (TPSA) is 79.0 Å². The predicted octanol–water partition coefficient (Wildman–Crippen LogP) is -0.391. The quantitative estimate of drug-likeness (QED) is 0.661. The molecule has 2 rings (SSSR count). The van der Waals surface area contributed by atoms with E-state index in [1.54, 1.807) is 0 Å². The first kappa shape index (κ1) is 15.4. The Hall–Kier alpha value is -0.980. The van der Waals surface area contributed by atoms with Crippen LogP contribution in [0.4, 0.5) is 0 Å². The van der Waals surface area contributed by atoms with Crippen LogP contribution in [-0.4, -0.2) is 66.2 Å². The SMILES string of the molecule is CN(CCc1ccccc1)[C@H]1[C@H](O)[C@H](CO)O[C@@H]1CN. The summed E-state index contributed by atoms with van der Waals surface area (Å²) in [5.74, 6) is 0. The van der Waals surface area contributed by atoms with Crippen LogP contribution in [0.1, 0.15) is 5.56 Å². The van der Waals surface area contributed by atoms with Gasteiger partial charge >= 0.3 is 0 Å². The molecule has 0 saturated carbocycles. The van der Waals surface area contributed by atoms with Crippen LogP contribution < -0.4 is 5.73 Å². The van der Waals surface area contributed by atoms with E-state index in [9.17, 15) is 10.2 Å². The molecule has 0 aliphatic carbocycles. The lowest BCUT2D eigenvalue weighted by atomic mass is 10.0. The third-order valence-electron chi connectivity index (χ3n) is 3.98. The molecular formula is C15H24N2O3. The summed E-state index contributed by atoms with van der Waals surface area (Å²) in [4.78, 5) is 2.07. The van der Waals surface area contributed by atoms with Crippen LogP contribution >= 0.6 is 0 Å². The number of benzene rings is 1. The fourth-order valence-electron chi connectivity index (χ4n) is 2.82. The Morgan fingerprint density at radius 3 is 2.55 bits per heavy atom. The van der Waals surface area contributed by atoms with Gasteiger partial charge in [-0.3, -0.25) is 4.90 Å². The molecule has 0 bridgehead atoms. The first-order valence-electron chi connectivity index (χ1n) is 7.06. The van der Waals surface area contributed by atoms with Crippen molar-refractivity contribution in [2.24, 2.45) is 5.73 Å². The van der Waals surface area contributed by atoms with E-state index in [2.05, 4.69) is 17.0 Å². The highest BCUT2D eigenvalue weighted by molar-refractivity contribution is 5.15. The van der Waals surface area contributed by atoms with Gasteiger partial charge in [-0.25, -0.2) is 0 Å². The summed E-state index contributed by atoms with van der Waals surface area (Å²) in [6.07, 6.45) is -0.563. The minimum atomic E-state index is -0.700. The molecule has 0 spiro atoms. The van der Waals surface area contributed by atoms with Gasteiger partial charge in [0.05, 0.1) is 18.8 Å². The van der Waals surface area contributed by atoms with E-state index in [-0.39, 0.29) is 18.8 Å². The van der Waals surface area contributed by atoms with Crippen molar-refractivity contribution in [2.75, 3.05) is 26.7 Å². The van der Waals surface area contributed by atoms with Crippen LogP contribution in [0.15, 0.2) is 30.3 Å². The van der Waals surface area contributed by atoms with Gasteiger partial charge in [-0.2, -0.15) is 0 Å². The van der Waals surface area contributed by atoms with E-state index >= 15 is 0 Å². The molecule has 0 amide bonds. The number of hydrogen-bond acceptors (Lipinski definition) is 5. The van der Waals surface area contributed by atoms with Crippen molar-refractivity contribution in [2.45, 2.75) is 30.8 Å². The average Bonchev–Trinajstić information content (AvgIpc) is 2.82. The summed E-state index contributed by atoms with van der Waals surface area (Å²) >= 11 is 0. The maximum atomic E-state index is 10.2. The molecule has 5 heteroatoms. The first-order chi connectivity index (χ1) is 9.67. The van der Waals surface area contributed by atoms with Gasteiger partial charge in [0.2, 0.25) is 0 Å². The van der Waals surface area contributed by atoms with Gasteiger partial charge in [-0.1, -0.05) is 30.3 Å². The van der Waals surface area contributed by atoms with E-state index in [1.807, 2.05) is 25.2 Å². The van der Waals surface area contributed by atoms with Crippen molar-refractivity contribution in [1.82, 2.24) is 4.90 Å². The van der Waals surface area contributed by atoms with E-state index in [4.69, 9.17) is 10.5 Å². The zero-order valence-electron chi connectivity index (χ0n) is 11.9. The monoisotopic (exact) mass is 280 g/mol. The van der Waals surface area contributed by atoms with Crippen molar-refractivity contribution in [3.05, 3.63) is 35.9 Å². The van der Waals surface area contributed by atoms with Gasteiger partial charge in [-0.05, 0) is 19.0 Å². The van der Waals surface area contributed by atoms with Gasteiger partial charge in [0.1, 0.15) is 12.2 Å². The molecule has 1 heterocycles. The smallest absolute Gasteiger partial charge is 0.109 e. The van der Waals surface area contributed by atoms with E-state index in [1.165, 1.54) is 5.56 Å². The molecular weight excluding hydrogens is 256 g/mol. The molecule has 20 heavy (non-hydrogen) atoms. The van der Waals surface area contributed by atoms with Crippen LogP contribution in [0.25, 0.3) is 0 Å². The van der Waals surface area contributed by atoms with E-state index in [0.29, 0.717) is 6.54 Å². The Kier molecular flexibility index (Phi) is 5.51. The number of rotatable bonds is 6. The van der Waals surface area contributed by atoms with Crippen molar-refractivity contribution in [3.8, 4) is 0 Å². The minimum Gasteiger partial charge on any atom is -0.394 e. The fraction of sp³-hybridized carbons (Fsp3) is 0.600. The van der Waals surface area contributed by atoms with Gasteiger partial charge in [0.25, 0.3) is 0 Å². The molecule has 1 fully saturated rings. The second-order valence-corrected chi connectivity index (χ2v) is 5.33. The largest absolute Gasteiger partial charge is 0.394 e. The lowest BCUT2D eigenvalue weighted by molar-refractivity contribution is -0.0193. The Bertz CT molecular complexity index is 399. The summed E-state index contributed by atoms with van der Waals surface area (Å²) < 4.78 is 5.59. The molecule has 0 unspecified atom stereocenters. The van der Waals surface area contributed by atoms with Crippen molar-refractivity contribution >= 4 is 0 Å². The van der Waals surface area contributed by atoms with E-state index in [0.717, 1.165) is 13.0 Å². The first-order valence-corrected chi connectivity index (χ1v) is 7.06. The van der Waals surface area contributed by atoms with Crippen molar-refractivity contribution < 1.29 is 14.9 Å². The third kappa shape index (κ3) is 3.37. The number of aliphatic hydroxyl groups is 2. The lowest BCUT2D eigenvalue weighted by Gasteiger charge is -2.30. The summed E-state index contributed by atoms with van der Waals surface area (Å²) in [7, 11) is 1.96. The Morgan fingerprint density at radius 2 is 1.95 bits per heavy atom. The summed E-state index contributed by atoms with van der Waals surface area (Å²) in [6.45, 7) is 0.971. The zero-order valence-corrected chi connectivity index (χ0v) is 11.9. The number of nitrogens with two attached hydrogens (primary N) is 1. The van der Waals surface area contributed by atoms with Gasteiger partial charge in [0, 0.05) is 13.1 Å². The van der Waals surface area contributed by atoms with Gasteiger partial charge in [-0.15, -0.1) is 0 Å². The number of ether oxygens (including phenoxy) is 1. The fourth-order valence-corrected chi connectivity index (χ4v) is 2.82. The maximum absolute atomic E-state index is 10.2. The highest BCUT2D eigenvalue weighted by atomic mass is 16.5. The average molecular weight is 280 g/mol. The standard InChI is InChI=1S/C15H24N2O3/c1-17(8-7-11-5-3-2-4-6-11)14-12(9-16)20-13(10-18)15(14)19/h2-6,12-15,18-19H,7-10,16H2,1H3/t12-,13+,14-,15-/m1/s1.